The van der Waals surface area contributed by atoms with Crippen LogP contribution < -0.4 is 4.74 Å². The lowest BCUT2D eigenvalue weighted by atomic mass is 10.1. The number of carbonyl (C=O) groups excluding carboxylic acids is 1. The van der Waals surface area contributed by atoms with Crippen molar-refractivity contribution < 1.29 is 13.9 Å². The fourth-order valence-corrected chi connectivity index (χ4v) is 2.86. The minimum Gasteiger partial charge on any atom is -0.494 e. The van der Waals surface area contributed by atoms with Crippen molar-refractivity contribution in [2.75, 3.05) is 12.9 Å². The maximum Gasteiger partial charge on any atom is 0.165 e. The van der Waals surface area contributed by atoms with Crippen LogP contribution in [0.2, 0.25) is 0 Å². The number of thioether (sulfide) groups is 1. The Kier molecular flexibility index (Phi) is 5.39. The van der Waals surface area contributed by atoms with E-state index in [9.17, 15) is 9.18 Å². The summed E-state index contributed by atoms with van der Waals surface area (Å²) in [7, 11) is 1.42. The summed E-state index contributed by atoms with van der Waals surface area (Å²) in [5.41, 5.74) is 1.83. The number of hydrogen-bond acceptors (Lipinski definition) is 3. The Bertz CT molecular complexity index is 640. The summed E-state index contributed by atoms with van der Waals surface area (Å²) in [5.74, 6) is 0.223. The quantitative estimate of drug-likeness (QED) is 0.753. The molecule has 0 radical (unpaired) electrons. The Labute approximate surface area is 128 Å². The monoisotopic (exact) mass is 304 g/mol. The van der Waals surface area contributed by atoms with Crippen LogP contribution in [0.15, 0.2) is 47.4 Å². The molecule has 0 saturated heterocycles. The van der Waals surface area contributed by atoms with E-state index in [0.717, 1.165) is 10.5 Å². The van der Waals surface area contributed by atoms with Crippen molar-refractivity contribution in [3.63, 3.8) is 0 Å². The van der Waals surface area contributed by atoms with E-state index in [2.05, 4.69) is 0 Å². The molecule has 0 aliphatic carbocycles. The molecular weight excluding hydrogens is 287 g/mol. The maximum absolute atomic E-state index is 13.6. The maximum atomic E-state index is 13.6. The second kappa shape index (κ2) is 7.27. The first-order valence-electron chi connectivity index (χ1n) is 6.62. The Morgan fingerprint density at radius 2 is 2.00 bits per heavy atom. The van der Waals surface area contributed by atoms with Crippen molar-refractivity contribution in [1.29, 1.82) is 0 Å². The van der Waals surface area contributed by atoms with Crippen molar-refractivity contribution in [2.24, 2.45) is 0 Å². The van der Waals surface area contributed by atoms with Gasteiger partial charge in [-0.25, -0.2) is 4.39 Å². The van der Waals surface area contributed by atoms with Crippen molar-refractivity contribution in [3.05, 3.63) is 59.4 Å². The third-order valence-electron chi connectivity index (χ3n) is 3.10. The molecule has 110 valence electrons. The van der Waals surface area contributed by atoms with E-state index in [-0.39, 0.29) is 18.0 Å². The van der Waals surface area contributed by atoms with E-state index in [0.29, 0.717) is 11.3 Å². The summed E-state index contributed by atoms with van der Waals surface area (Å²) in [6.07, 6.45) is 0.236. The zero-order chi connectivity index (χ0) is 15.2. The number of methoxy groups -OCH3 is 1. The number of carbonyl (C=O) groups is 1. The first-order chi connectivity index (χ1) is 10.1. The lowest BCUT2D eigenvalue weighted by Gasteiger charge is -2.06. The highest BCUT2D eigenvalue weighted by Crippen LogP contribution is 2.23. The number of halogens is 1. The number of ether oxygens (including phenoxy) is 1. The van der Waals surface area contributed by atoms with Gasteiger partial charge in [-0.15, -0.1) is 11.8 Å². The van der Waals surface area contributed by atoms with E-state index in [1.54, 1.807) is 12.1 Å². The predicted molar refractivity (Wildman–Crippen MR) is 83.6 cm³/mol. The highest BCUT2D eigenvalue weighted by Gasteiger charge is 2.09. The van der Waals surface area contributed by atoms with Gasteiger partial charge in [0.1, 0.15) is 5.78 Å². The van der Waals surface area contributed by atoms with Crippen LogP contribution in [0.1, 0.15) is 11.1 Å². The summed E-state index contributed by atoms with van der Waals surface area (Å²) >= 11 is 1.52. The fourth-order valence-electron chi connectivity index (χ4n) is 1.98. The smallest absolute Gasteiger partial charge is 0.165 e. The summed E-state index contributed by atoms with van der Waals surface area (Å²) in [4.78, 5) is 13.1. The molecule has 0 N–H and O–H groups in total. The summed E-state index contributed by atoms with van der Waals surface area (Å²) in [6.45, 7) is 2.02. The molecule has 2 nitrogen and oxygen atoms in total. The Balaban J connectivity index is 1.93. The van der Waals surface area contributed by atoms with Crippen LogP contribution in [0.4, 0.5) is 4.39 Å². The van der Waals surface area contributed by atoms with Crippen molar-refractivity contribution >= 4 is 17.5 Å². The first-order valence-corrected chi connectivity index (χ1v) is 7.61. The van der Waals surface area contributed by atoms with Crippen LogP contribution in [0.25, 0.3) is 0 Å². The molecule has 0 amide bonds. The van der Waals surface area contributed by atoms with E-state index in [1.807, 2.05) is 31.2 Å². The SMILES string of the molecule is COc1ccc(CC(=O)CSc2ccccc2C)cc1F. The van der Waals surface area contributed by atoms with Crippen LogP contribution in [0, 0.1) is 12.7 Å². The van der Waals surface area contributed by atoms with Gasteiger partial charge in [-0.1, -0.05) is 24.3 Å². The van der Waals surface area contributed by atoms with Crippen LogP contribution in [0.5, 0.6) is 5.75 Å². The zero-order valence-corrected chi connectivity index (χ0v) is 12.9. The van der Waals surface area contributed by atoms with Gasteiger partial charge in [0.25, 0.3) is 0 Å². The van der Waals surface area contributed by atoms with Crippen molar-refractivity contribution in [1.82, 2.24) is 0 Å². The van der Waals surface area contributed by atoms with Crippen LogP contribution >= 0.6 is 11.8 Å². The molecule has 21 heavy (non-hydrogen) atoms. The molecule has 0 saturated carbocycles. The van der Waals surface area contributed by atoms with Gasteiger partial charge >= 0.3 is 0 Å². The Morgan fingerprint density at radius 3 is 2.67 bits per heavy atom. The van der Waals surface area contributed by atoms with Crippen LogP contribution in [-0.2, 0) is 11.2 Å². The van der Waals surface area contributed by atoms with Gasteiger partial charge in [-0.2, -0.15) is 0 Å². The number of Topliss-reactive ketones (excluding diaryl/α,β-unsaturated/α-hetero) is 1. The third kappa shape index (κ3) is 4.33. The molecule has 0 aliphatic heterocycles. The Hall–Kier alpha value is -1.81. The van der Waals surface area contributed by atoms with Gasteiger partial charge < -0.3 is 4.74 Å². The van der Waals surface area contributed by atoms with E-state index < -0.39 is 5.82 Å². The molecule has 0 aromatic heterocycles. The summed E-state index contributed by atoms with van der Waals surface area (Å²) < 4.78 is 18.4. The minimum absolute atomic E-state index is 0.0767. The van der Waals surface area contributed by atoms with E-state index in [1.165, 1.54) is 24.9 Å². The van der Waals surface area contributed by atoms with Gasteiger partial charge in [0.2, 0.25) is 0 Å². The second-order valence-corrected chi connectivity index (χ2v) is 5.76. The van der Waals surface area contributed by atoms with E-state index in [4.69, 9.17) is 4.74 Å². The van der Waals surface area contributed by atoms with Gasteiger partial charge in [-0.3, -0.25) is 4.79 Å². The number of hydrogen-bond donors (Lipinski definition) is 0. The first kappa shape index (κ1) is 15.6. The second-order valence-electron chi connectivity index (χ2n) is 4.74. The number of rotatable bonds is 6. The molecule has 2 rings (SSSR count). The Morgan fingerprint density at radius 1 is 1.24 bits per heavy atom. The molecular formula is C17H17FO2S. The van der Waals surface area contributed by atoms with Gasteiger partial charge in [0.15, 0.2) is 11.6 Å². The lowest BCUT2D eigenvalue weighted by Crippen LogP contribution is -2.06. The molecule has 0 aliphatic rings. The third-order valence-corrected chi connectivity index (χ3v) is 4.34. The molecule has 0 spiro atoms. The van der Waals surface area contributed by atoms with Crippen LogP contribution in [-0.4, -0.2) is 18.6 Å². The van der Waals surface area contributed by atoms with Crippen molar-refractivity contribution in [2.45, 2.75) is 18.2 Å². The molecule has 0 bridgehead atoms. The summed E-state index contributed by atoms with van der Waals surface area (Å²) in [5, 5.41) is 0. The molecule has 0 unspecified atom stereocenters. The normalized spacial score (nSPS) is 10.4. The van der Waals surface area contributed by atoms with Gasteiger partial charge in [0, 0.05) is 11.3 Å². The standard InChI is InChI=1S/C17H17FO2S/c1-12-5-3-4-6-17(12)21-11-14(19)9-13-7-8-16(20-2)15(18)10-13/h3-8,10H,9,11H2,1-2H3. The number of benzene rings is 2. The predicted octanol–water partition coefficient (Wildman–Crippen LogP) is 4.05. The fraction of sp³-hybridized carbons (Fsp3) is 0.235. The molecule has 4 heteroatoms. The lowest BCUT2D eigenvalue weighted by molar-refractivity contribution is -0.116. The van der Waals surface area contributed by atoms with Crippen LogP contribution in [0.3, 0.4) is 0 Å². The topological polar surface area (TPSA) is 26.3 Å². The highest BCUT2D eigenvalue weighted by molar-refractivity contribution is 8.00. The summed E-state index contributed by atoms with van der Waals surface area (Å²) in [6, 6.07) is 12.6. The molecule has 0 fully saturated rings. The molecule has 2 aromatic rings. The molecule has 0 atom stereocenters. The largest absolute Gasteiger partial charge is 0.494 e. The van der Waals surface area contributed by atoms with E-state index >= 15 is 0 Å². The average molecular weight is 304 g/mol. The highest BCUT2D eigenvalue weighted by atomic mass is 32.2. The molecule has 0 heterocycles. The zero-order valence-electron chi connectivity index (χ0n) is 12.1. The van der Waals surface area contributed by atoms with Crippen molar-refractivity contribution in [3.8, 4) is 5.75 Å². The average Bonchev–Trinajstić information content (AvgIpc) is 2.46. The number of aryl methyl sites for hydroxylation is 1. The minimum atomic E-state index is -0.436. The van der Waals surface area contributed by atoms with Gasteiger partial charge in [-0.05, 0) is 36.2 Å². The van der Waals surface area contributed by atoms with Gasteiger partial charge in [0.05, 0.1) is 12.9 Å². The molecule has 2 aromatic carbocycles. The number of ketones is 1.